The van der Waals surface area contributed by atoms with E-state index in [-0.39, 0.29) is 11.8 Å². The van der Waals surface area contributed by atoms with E-state index in [1.54, 1.807) is 0 Å². The van der Waals surface area contributed by atoms with Crippen LogP contribution in [0.3, 0.4) is 0 Å². The van der Waals surface area contributed by atoms with Crippen molar-refractivity contribution < 1.29 is 9.53 Å². The average Bonchev–Trinajstić information content (AvgIpc) is 3.08. The summed E-state index contributed by atoms with van der Waals surface area (Å²) in [5, 5.41) is 3.06. The molecule has 0 radical (unpaired) electrons. The number of ether oxygens (including phenoxy) is 1. The highest BCUT2D eigenvalue weighted by Crippen LogP contribution is 2.23. The second-order valence-corrected chi connectivity index (χ2v) is 7.06. The minimum atomic E-state index is 0.0608. The number of amides is 1. The third-order valence-electron chi connectivity index (χ3n) is 5.02. The Kier molecular flexibility index (Phi) is 5.34. The van der Waals surface area contributed by atoms with Crippen LogP contribution in [-0.4, -0.2) is 43.7 Å². The maximum absolute atomic E-state index is 12.0. The number of fused-ring (bicyclic) bond motifs is 1. The van der Waals surface area contributed by atoms with Gasteiger partial charge in [0, 0.05) is 32.8 Å². The van der Waals surface area contributed by atoms with Gasteiger partial charge in [0.2, 0.25) is 5.91 Å². The van der Waals surface area contributed by atoms with Crippen LogP contribution < -0.4 is 5.32 Å². The van der Waals surface area contributed by atoms with Gasteiger partial charge in [-0.05, 0) is 35.4 Å². The molecule has 0 spiro atoms. The Bertz CT molecular complexity index is 550. The summed E-state index contributed by atoms with van der Waals surface area (Å²) in [6.45, 7) is 9.52. The van der Waals surface area contributed by atoms with Crippen LogP contribution in [0.1, 0.15) is 42.9 Å². The molecule has 2 aliphatic rings. The molecular weight excluding hydrogens is 288 g/mol. The first-order valence-electron chi connectivity index (χ1n) is 8.83. The standard InChI is InChI=1S/C19H28N2O2/c1-14(2)16-4-3-15-5-8-21(12-18(15)11-16)9-7-20-19(22)17-6-10-23-13-17/h3-4,11,14,17H,5-10,12-13H2,1-2H3,(H,20,22). The van der Waals surface area contributed by atoms with Crippen LogP contribution in [0, 0.1) is 5.92 Å². The number of carbonyl (C=O) groups is 1. The molecule has 1 amide bonds. The highest BCUT2D eigenvalue weighted by atomic mass is 16.5. The number of rotatable bonds is 5. The first-order valence-corrected chi connectivity index (χ1v) is 8.83. The summed E-state index contributed by atoms with van der Waals surface area (Å²) < 4.78 is 5.27. The van der Waals surface area contributed by atoms with Crippen molar-refractivity contribution in [1.82, 2.24) is 10.2 Å². The monoisotopic (exact) mass is 316 g/mol. The van der Waals surface area contributed by atoms with E-state index in [0.29, 0.717) is 12.5 Å². The van der Waals surface area contributed by atoms with E-state index in [1.165, 1.54) is 16.7 Å². The van der Waals surface area contributed by atoms with Gasteiger partial charge in [-0.3, -0.25) is 9.69 Å². The van der Waals surface area contributed by atoms with Crippen molar-refractivity contribution in [2.45, 2.75) is 39.2 Å². The largest absolute Gasteiger partial charge is 0.381 e. The molecule has 4 nitrogen and oxygen atoms in total. The molecule has 4 heteroatoms. The summed E-state index contributed by atoms with van der Waals surface area (Å²) in [5.41, 5.74) is 4.36. The summed E-state index contributed by atoms with van der Waals surface area (Å²) >= 11 is 0. The summed E-state index contributed by atoms with van der Waals surface area (Å²) in [6.07, 6.45) is 1.97. The van der Waals surface area contributed by atoms with Crippen molar-refractivity contribution in [3.63, 3.8) is 0 Å². The van der Waals surface area contributed by atoms with Gasteiger partial charge in [0.15, 0.2) is 0 Å². The molecule has 0 saturated carbocycles. The molecule has 1 fully saturated rings. The number of carbonyl (C=O) groups excluding carboxylic acids is 1. The number of nitrogens with zero attached hydrogens (tertiary/aromatic N) is 1. The lowest BCUT2D eigenvalue weighted by molar-refractivity contribution is -0.125. The van der Waals surface area contributed by atoms with Crippen molar-refractivity contribution in [3.05, 3.63) is 34.9 Å². The van der Waals surface area contributed by atoms with Crippen LogP contribution in [-0.2, 0) is 22.5 Å². The molecule has 0 aromatic heterocycles. The summed E-state index contributed by atoms with van der Waals surface area (Å²) in [7, 11) is 0. The van der Waals surface area contributed by atoms with E-state index in [0.717, 1.165) is 45.6 Å². The lowest BCUT2D eigenvalue weighted by atomic mass is 9.93. The SMILES string of the molecule is CC(C)c1ccc2c(c1)CN(CCNC(=O)C1CCOC1)CC2. The third-order valence-corrected chi connectivity index (χ3v) is 5.02. The van der Waals surface area contributed by atoms with Gasteiger partial charge < -0.3 is 10.1 Å². The van der Waals surface area contributed by atoms with Crippen LogP contribution in [0.2, 0.25) is 0 Å². The molecule has 1 saturated heterocycles. The Labute approximate surface area is 139 Å². The van der Waals surface area contributed by atoms with Gasteiger partial charge in [-0.1, -0.05) is 32.0 Å². The van der Waals surface area contributed by atoms with Crippen molar-refractivity contribution in [2.24, 2.45) is 5.92 Å². The van der Waals surface area contributed by atoms with Crippen LogP contribution in [0.4, 0.5) is 0 Å². The van der Waals surface area contributed by atoms with Crippen molar-refractivity contribution in [2.75, 3.05) is 32.8 Å². The number of benzene rings is 1. The fourth-order valence-electron chi connectivity index (χ4n) is 3.41. The summed E-state index contributed by atoms with van der Waals surface area (Å²) in [4.78, 5) is 14.4. The highest BCUT2D eigenvalue weighted by molar-refractivity contribution is 5.78. The normalized spacial score (nSPS) is 21.4. The summed E-state index contributed by atoms with van der Waals surface area (Å²) in [5.74, 6) is 0.788. The third kappa shape index (κ3) is 4.12. The van der Waals surface area contributed by atoms with Gasteiger partial charge in [0.25, 0.3) is 0 Å². The number of nitrogens with one attached hydrogen (secondary N) is 1. The van der Waals surface area contributed by atoms with Gasteiger partial charge in [-0.15, -0.1) is 0 Å². The molecule has 1 N–H and O–H groups in total. The minimum Gasteiger partial charge on any atom is -0.381 e. The topological polar surface area (TPSA) is 41.6 Å². The Morgan fingerprint density at radius 2 is 2.26 bits per heavy atom. The molecular formula is C19H28N2O2. The van der Waals surface area contributed by atoms with Crippen LogP contribution >= 0.6 is 0 Å². The average molecular weight is 316 g/mol. The molecule has 1 atom stereocenters. The van der Waals surface area contributed by atoms with Crippen molar-refractivity contribution in [3.8, 4) is 0 Å². The van der Waals surface area contributed by atoms with Gasteiger partial charge >= 0.3 is 0 Å². The van der Waals surface area contributed by atoms with Gasteiger partial charge in [-0.25, -0.2) is 0 Å². The zero-order valence-corrected chi connectivity index (χ0v) is 14.3. The summed E-state index contributed by atoms with van der Waals surface area (Å²) in [6, 6.07) is 6.92. The molecule has 1 aromatic carbocycles. The molecule has 2 heterocycles. The smallest absolute Gasteiger partial charge is 0.225 e. The molecule has 126 valence electrons. The predicted molar refractivity (Wildman–Crippen MR) is 91.4 cm³/mol. The molecule has 3 rings (SSSR count). The van der Waals surface area contributed by atoms with Crippen LogP contribution in [0.5, 0.6) is 0 Å². The Balaban J connectivity index is 1.49. The Morgan fingerprint density at radius 1 is 1.39 bits per heavy atom. The van der Waals surface area contributed by atoms with Crippen molar-refractivity contribution in [1.29, 1.82) is 0 Å². The predicted octanol–water partition coefficient (Wildman–Crippen LogP) is 2.32. The van der Waals surface area contributed by atoms with E-state index in [1.807, 2.05) is 0 Å². The molecule has 2 aliphatic heterocycles. The van der Waals surface area contributed by atoms with E-state index in [9.17, 15) is 4.79 Å². The number of hydrogen-bond acceptors (Lipinski definition) is 3. The van der Waals surface area contributed by atoms with E-state index in [2.05, 4.69) is 42.3 Å². The maximum Gasteiger partial charge on any atom is 0.225 e. The minimum absolute atomic E-state index is 0.0608. The molecule has 1 unspecified atom stereocenters. The lowest BCUT2D eigenvalue weighted by Gasteiger charge is -2.29. The molecule has 23 heavy (non-hydrogen) atoms. The quantitative estimate of drug-likeness (QED) is 0.906. The van der Waals surface area contributed by atoms with E-state index in [4.69, 9.17) is 4.74 Å². The van der Waals surface area contributed by atoms with Crippen LogP contribution in [0.15, 0.2) is 18.2 Å². The molecule has 1 aromatic rings. The molecule has 0 bridgehead atoms. The first-order chi connectivity index (χ1) is 11.1. The Hall–Kier alpha value is -1.39. The second kappa shape index (κ2) is 7.45. The van der Waals surface area contributed by atoms with Crippen molar-refractivity contribution >= 4 is 5.91 Å². The first kappa shape index (κ1) is 16.5. The number of hydrogen-bond donors (Lipinski definition) is 1. The maximum atomic E-state index is 12.0. The second-order valence-electron chi connectivity index (χ2n) is 7.06. The zero-order chi connectivity index (χ0) is 16.2. The Morgan fingerprint density at radius 3 is 3.00 bits per heavy atom. The van der Waals surface area contributed by atoms with E-state index >= 15 is 0 Å². The fraction of sp³-hybridized carbons (Fsp3) is 0.632. The molecule has 0 aliphatic carbocycles. The lowest BCUT2D eigenvalue weighted by Crippen LogP contribution is -2.39. The van der Waals surface area contributed by atoms with Crippen LogP contribution in [0.25, 0.3) is 0 Å². The fourth-order valence-corrected chi connectivity index (χ4v) is 3.41. The highest BCUT2D eigenvalue weighted by Gasteiger charge is 2.23. The van der Waals surface area contributed by atoms with Gasteiger partial charge in [0.1, 0.15) is 0 Å². The van der Waals surface area contributed by atoms with E-state index < -0.39 is 0 Å². The van der Waals surface area contributed by atoms with Gasteiger partial charge in [-0.2, -0.15) is 0 Å². The van der Waals surface area contributed by atoms with Gasteiger partial charge in [0.05, 0.1) is 12.5 Å². The zero-order valence-electron chi connectivity index (χ0n) is 14.3.